The summed E-state index contributed by atoms with van der Waals surface area (Å²) in [7, 11) is -2.02. The van der Waals surface area contributed by atoms with Gasteiger partial charge in [-0.1, -0.05) is 25.5 Å². The van der Waals surface area contributed by atoms with Gasteiger partial charge in [-0.05, 0) is 25.5 Å². The number of hydrogen-bond acceptors (Lipinski definition) is 3. The van der Waals surface area contributed by atoms with E-state index in [0.717, 1.165) is 12.8 Å². The third-order valence-corrected chi connectivity index (χ3v) is 4.25. The molecule has 0 atom stereocenters. The third-order valence-electron chi connectivity index (χ3n) is 2.75. The van der Waals surface area contributed by atoms with E-state index in [1.165, 1.54) is 24.3 Å². The molecule has 0 aromatic heterocycles. The first kappa shape index (κ1) is 15.7. The number of carbonyl (C=O) groups excluding carboxylic acids is 1. The molecule has 106 valence electrons. The first-order chi connectivity index (χ1) is 8.86. The Bertz CT molecular complexity index is 541. The highest BCUT2D eigenvalue weighted by Crippen LogP contribution is 2.14. The lowest BCUT2D eigenvalue weighted by Crippen LogP contribution is -2.33. The molecule has 0 unspecified atom stereocenters. The molecule has 0 aliphatic heterocycles. The standard InChI is InChI=1S/C13H20N2O3S/c1-4-5-9-15(3)19(17,18)14-13-8-6-7-12(10-13)11(2)16/h6-8,10,14H,4-5,9H2,1-3H3. The molecule has 1 aromatic carbocycles. The van der Waals surface area contributed by atoms with Crippen LogP contribution in [-0.4, -0.2) is 32.1 Å². The average Bonchev–Trinajstić information content (AvgIpc) is 2.35. The Hall–Kier alpha value is -1.40. The number of unbranched alkanes of at least 4 members (excludes halogenated alkanes) is 1. The van der Waals surface area contributed by atoms with E-state index in [0.29, 0.717) is 17.8 Å². The topological polar surface area (TPSA) is 66.5 Å². The van der Waals surface area contributed by atoms with Gasteiger partial charge in [-0.2, -0.15) is 12.7 Å². The van der Waals surface area contributed by atoms with E-state index in [-0.39, 0.29) is 5.78 Å². The normalized spacial score (nSPS) is 11.6. The third kappa shape index (κ3) is 4.65. The number of anilines is 1. The Kier molecular flexibility index (Phi) is 5.50. The first-order valence-electron chi connectivity index (χ1n) is 6.22. The van der Waals surface area contributed by atoms with Gasteiger partial charge in [0, 0.05) is 19.2 Å². The maximum Gasteiger partial charge on any atom is 0.301 e. The van der Waals surface area contributed by atoms with Crippen molar-refractivity contribution in [2.24, 2.45) is 0 Å². The number of ketones is 1. The molecule has 0 saturated carbocycles. The quantitative estimate of drug-likeness (QED) is 0.781. The summed E-state index contributed by atoms with van der Waals surface area (Å²) < 4.78 is 27.8. The minimum atomic E-state index is -3.56. The molecule has 0 aliphatic rings. The second-order valence-electron chi connectivity index (χ2n) is 4.42. The first-order valence-corrected chi connectivity index (χ1v) is 7.66. The van der Waals surface area contributed by atoms with Crippen LogP contribution in [-0.2, 0) is 10.2 Å². The van der Waals surface area contributed by atoms with Crippen LogP contribution in [0.1, 0.15) is 37.0 Å². The number of nitrogens with one attached hydrogen (secondary N) is 1. The highest BCUT2D eigenvalue weighted by molar-refractivity contribution is 7.90. The molecule has 1 N–H and O–H groups in total. The highest BCUT2D eigenvalue weighted by Gasteiger charge is 2.17. The smallest absolute Gasteiger partial charge is 0.295 e. The summed E-state index contributed by atoms with van der Waals surface area (Å²) >= 11 is 0. The summed E-state index contributed by atoms with van der Waals surface area (Å²) in [5.41, 5.74) is 0.882. The fraction of sp³-hybridized carbons (Fsp3) is 0.462. The van der Waals surface area contributed by atoms with Crippen molar-refractivity contribution in [3.8, 4) is 0 Å². The summed E-state index contributed by atoms with van der Waals surface area (Å²) in [6, 6.07) is 6.47. The van der Waals surface area contributed by atoms with Crippen molar-refractivity contribution in [1.29, 1.82) is 0 Å². The predicted octanol–water partition coefficient (Wildman–Crippen LogP) is 2.28. The fourth-order valence-corrected chi connectivity index (χ4v) is 2.48. The van der Waals surface area contributed by atoms with Crippen molar-refractivity contribution >= 4 is 21.7 Å². The SMILES string of the molecule is CCCCN(C)S(=O)(=O)Nc1cccc(C(C)=O)c1. The Morgan fingerprint density at radius 3 is 2.63 bits per heavy atom. The van der Waals surface area contributed by atoms with Gasteiger partial charge in [-0.15, -0.1) is 0 Å². The van der Waals surface area contributed by atoms with Crippen molar-refractivity contribution in [1.82, 2.24) is 4.31 Å². The van der Waals surface area contributed by atoms with E-state index < -0.39 is 10.2 Å². The zero-order valence-corrected chi connectivity index (χ0v) is 12.3. The van der Waals surface area contributed by atoms with Crippen LogP contribution in [0, 0.1) is 0 Å². The minimum absolute atomic E-state index is 0.0969. The predicted molar refractivity (Wildman–Crippen MR) is 76.5 cm³/mol. The maximum absolute atomic E-state index is 12.0. The lowest BCUT2D eigenvalue weighted by atomic mass is 10.1. The second-order valence-corrected chi connectivity index (χ2v) is 6.20. The van der Waals surface area contributed by atoms with Gasteiger partial charge in [-0.25, -0.2) is 0 Å². The maximum atomic E-state index is 12.0. The van der Waals surface area contributed by atoms with Gasteiger partial charge in [0.15, 0.2) is 5.78 Å². The molecular formula is C13H20N2O3S. The molecule has 1 aromatic rings. The van der Waals surface area contributed by atoms with E-state index in [4.69, 9.17) is 0 Å². The van der Waals surface area contributed by atoms with Gasteiger partial charge in [0.1, 0.15) is 0 Å². The van der Waals surface area contributed by atoms with Crippen LogP contribution in [0.25, 0.3) is 0 Å². The Labute approximate surface area is 114 Å². The van der Waals surface area contributed by atoms with Crippen molar-refractivity contribution in [2.75, 3.05) is 18.3 Å². The largest absolute Gasteiger partial charge is 0.301 e. The van der Waals surface area contributed by atoms with E-state index in [9.17, 15) is 13.2 Å². The van der Waals surface area contributed by atoms with Crippen molar-refractivity contribution in [2.45, 2.75) is 26.7 Å². The second kappa shape index (κ2) is 6.68. The van der Waals surface area contributed by atoms with Crippen LogP contribution in [0.2, 0.25) is 0 Å². The number of hydrogen-bond donors (Lipinski definition) is 1. The summed E-state index contributed by atoms with van der Waals surface area (Å²) in [5, 5.41) is 0. The lowest BCUT2D eigenvalue weighted by molar-refractivity contribution is 0.101. The molecule has 0 heterocycles. The zero-order valence-electron chi connectivity index (χ0n) is 11.5. The molecule has 0 aliphatic carbocycles. The molecule has 0 amide bonds. The highest BCUT2D eigenvalue weighted by atomic mass is 32.2. The van der Waals surface area contributed by atoms with E-state index >= 15 is 0 Å². The average molecular weight is 284 g/mol. The van der Waals surface area contributed by atoms with Gasteiger partial charge in [-0.3, -0.25) is 9.52 Å². The zero-order chi connectivity index (χ0) is 14.5. The van der Waals surface area contributed by atoms with Crippen LogP contribution in [0.15, 0.2) is 24.3 Å². The number of nitrogens with zero attached hydrogens (tertiary/aromatic N) is 1. The Morgan fingerprint density at radius 2 is 2.05 bits per heavy atom. The Balaban J connectivity index is 2.83. The summed E-state index contributed by atoms with van der Waals surface area (Å²) in [6.07, 6.45) is 1.74. The van der Waals surface area contributed by atoms with Gasteiger partial charge in [0.2, 0.25) is 0 Å². The summed E-state index contributed by atoms with van der Waals surface area (Å²) in [5.74, 6) is -0.0969. The van der Waals surface area contributed by atoms with Crippen LogP contribution in [0.4, 0.5) is 5.69 Å². The minimum Gasteiger partial charge on any atom is -0.295 e. The molecule has 19 heavy (non-hydrogen) atoms. The number of rotatable bonds is 7. The molecule has 5 nitrogen and oxygen atoms in total. The molecule has 0 saturated heterocycles. The van der Waals surface area contributed by atoms with Crippen molar-refractivity contribution in [3.63, 3.8) is 0 Å². The van der Waals surface area contributed by atoms with E-state index in [2.05, 4.69) is 4.72 Å². The number of benzene rings is 1. The molecule has 0 fully saturated rings. The van der Waals surface area contributed by atoms with Crippen LogP contribution in [0.3, 0.4) is 0 Å². The molecule has 0 bridgehead atoms. The van der Waals surface area contributed by atoms with Gasteiger partial charge < -0.3 is 0 Å². The Morgan fingerprint density at radius 1 is 1.37 bits per heavy atom. The lowest BCUT2D eigenvalue weighted by Gasteiger charge is -2.18. The monoisotopic (exact) mass is 284 g/mol. The number of carbonyl (C=O) groups is 1. The van der Waals surface area contributed by atoms with Crippen molar-refractivity contribution in [3.05, 3.63) is 29.8 Å². The summed E-state index contributed by atoms with van der Waals surface area (Å²) in [4.78, 5) is 11.3. The number of Topliss-reactive ketones (excluding diaryl/α,β-unsaturated/α-hetero) is 1. The molecule has 6 heteroatoms. The summed E-state index contributed by atoms with van der Waals surface area (Å²) in [6.45, 7) is 3.92. The van der Waals surface area contributed by atoms with Crippen LogP contribution < -0.4 is 4.72 Å². The molecule has 0 radical (unpaired) electrons. The van der Waals surface area contributed by atoms with Crippen molar-refractivity contribution < 1.29 is 13.2 Å². The van der Waals surface area contributed by atoms with Gasteiger partial charge >= 0.3 is 10.2 Å². The van der Waals surface area contributed by atoms with Gasteiger partial charge in [0.25, 0.3) is 0 Å². The van der Waals surface area contributed by atoms with Gasteiger partial charge in [0.05, 0.1) is 5.69 Å². The fourth-order valence-electron chi connectivity index (χ4n) is 1.53. The molecular weight excluding hydrogens is 264 g/mol. The van der Waals surface area contributed by atoms with E-state index in [1.807, 2.05) is 6.92 Å². The van der Waals surface area contributed by atoms with Crippen LogP contribution in [0.5, 0.6) is 0 Å². The van der Waals surface area contributed by atoms with E-state index in [1.54, 1.807) is 18.2 Å². The molecule has 0 spiro atoms. The van der Waals surface area contributed by atoms with Crippen LogP contribution >= 0.6 is 0 Å². The molecule has 1 rings (SSSR count).